The van der Waals surface area contributed by atoms with Crippen LogP contribution in [-0.4, -0.2) is 25.5 Å². The molecule has 0 radical (unpaired) electrons. The second-order valence-corrected chi connectivity index (χ2v) is 3.71. The number of allylic oxidation sites excluding steroid dienone is 1. The summed E-state index contributed by atoms with van der Waals surface area (Å²) in [6.45, 7) is 4.38. The number of carbonyl (C=O) groups is 2. The maximum absolute atomic E-state index is 11.3. The lowest BCUT2D eigenvalue weighted by Crippen LogP contribution is -2.24. The van der Waals surface area contributed by atoms with Crippen LogP contribution >= 0.6 is 0 Å². The van der Waals surface area contributed by atoms with Crippen LogP contribution in [0.15, 0.2) is 11.6 Å². The maximum Gasteiger partial charge on any atom is 0.307 e. The molecule has 1 N–H and O–H groups in total. The van der Waals surface area contributed by atoms with Crippen LogP contribution in [0.1, 0.15) is 39.5 Å². The van der Waals surface area contributed by atoms with Crippen molar-refractivity contribution in [3.05, 3.63) is 11.6 Å². The molecule has 0 saturated carbocycles. The van der Waals surface area contributed by atoms with Crippen molar-refractivity contribution in [2.24, 2.45) is 0 Å². The molecule has 0 spiro atoms. The Morgan fingerprint density at radius 3 is 2.56 bits per heavy atom. The third kappa shape index (κ3) is 8.03. The molecule has 0 unspecified atom stereocenters. The van der Waals surface area contributed by atoms with Crippen molar-refractivity contribution in [2.75, 3.05) is 13.7 Å². The van der Waals surface area contributed by atoms with E-state index in [0.717, 1.165) is 24.8 Å². The van der Waals surface area contributed by atoms with Gasteiger partial charge in [0.15, 0.2) is 0 Å². The van der Waals surface area contributed by atoms with Gasteiger partial charge in [0.1, 0.15) is 0 Å². The molecule has 0 aliphatic heterocycles. The fraction of sp³-hybridized carbons (Fsp3) is 0.667. The normalized spacial score (nSPS) is 11.1. The lowest BCUT2D eigenvalue weighted by Gasteiger charge is -2.02. The van der Waals surface area contributed by atoms with Gasteiger partial charge in [-0.15, -0.1) is 0 Å². The molecule has 92 valence electrons. The predicted molar refractivity (Wildman–Crippen MR) is 62.9 cm³/mol. The van der Waals surface area contributed by atoms with Crippen molar-refractivity contribution in [1.29, 1.82) is 0 Å². The summed E-state index contributed by atoms with van der Waals surface area (Å²) in [5, 5.41) is 2.64. The quantitative estimate of drug-likeness (QED) is 0.533. The summed E-state index contributed by atoms with van der Waals surface area (Å²) in [7, 11) is 1.33. The smallest absolute Gasteiger partial charge is 0.307 e. The number of methoxy groups -OCH3 is 1. The van der Waals surface area contributed by atoms with E-state index in [4.69, 9.17) is 0 Å². The topological polar surface area (TPSA) is 55.4 Å². The van der Waals surface area contributed by atoms with Gasteiger partial charge in [-0.25, -0.2) is 0 Å². The van der Waals surface area contributed by atoms with Crippen LogP contribution in [0, 0.1) is 0 Å². The molecular formula is C12H21NO3. The second-order valence-electron chi connectivity index (χ2n) is 3.71. The zero-order valence-electron chi connectivity index (χ0n) is 10.3. The number of ether oxygens (including phenoxy) is 1. The first kappa shape index (κ1) is 14.7. The Morgan fingerprint density at radius 2 is 2.00 bits per heavy atom. The van der Waals surface area contributed by atoms with Gasteiger partial charge >= 0.3 is 5.97 Å². The molecule has 0 rings (SSSR count). The second kappa shape index (κ2) is 8.95. The van der Waals surface area contributed by atoms with Crippen LogP contribution in [0.5, 0.6) is 0 Å². The molecule has 4 heteroatoms. The minimum atomic E-state index is -0.313. The largest absolute Gasteiger partial charge is 0.469 e. The summed E-state index contributed by atoms with van der Waals surface area (Å²) in [6, 6.07) is 0. The number of esters is 1. The van der Waals surface area contributed by atoms with Crippen LogP contribution in [-0.2, 0) is 14.3 Å². The van der Waals surface area contributed by atoms with Crippen LogP contribution in [0.4, 0.5) is 0 Å². The molecule has 0 aromatic carbocycles. The molecule has 0 fully saturated rings. The highest BCUT2D eigenvalue weighted by Gasteiger charge is 2.01. The fourth-order valence-electron chi connectivity index (χ4n) is 1.19. The molecule has 1 amide bonds. The zero-order valence-corrected chi connectivity index (χ0v) is 10.3. The molecule has 0 aliphatic rings. The van der Waals surface area contributed by atoms with Gasteiger partial charge in [-0.3, -0.25) is 9.59 Å². The number of unbranched alkanes of at least 4 members (excludes halogenated alkanes) is 1. The monoisotopic (exact) mass is 227 g/mol. The molecule has 0 saturated heterocycles. The van der Waals surface area contributed by atoms with Crippen molar-refractivity contribution in [3.63, 3.8) is 0 Å². The van der Waals surface area contributed by atoms with E-state index in [9.17, 15) is 9.59 Å². The van der Waals surface area contributed by atoms with Gasteiger partial charge in [0, 0.05) is 12.6 Å². The average molecular weight is 227 g/mol. The van der Waals surface area contributed by atoms with E-state index in [0.29, 0.717) is 6.54 Å². The Hall–Kier alpha value is -1.32. The molecule has 16 heavy (non-hydrogen) atoms. The third-order valence-corrected chi connectivity index (χ3v) is 2.16. The highest BCUT2D eigenvalue weighted by molar-refractivity contribution is 5.88. The molecule has 0 bridgehead atoms. The van der Waals surface area contributed by atoms with Gasteiger partial charge < -0.3 is 10.1 Å². The fourth-order valence-corrected chi connectivity index (χ4v) is 1.19. The van der Waals surface area contributed by atoms with E-state index in [1.54, 1.807) is 6.08 Å². The SMILES string of the molecule is CCCCC(C)=CC(=O)NCCC(=O)OC. The van der Waals surface area contributed by atoms with Gasteiger partial charge in [-0.1, -0.05) is 18.9 Å². The Kier molecular flexibility index (Phi) is 8.21. The number of carbonyl (C=O) groups excluding carboxylic acids is 2. The van der Waals surface area contributed by atoms with Gasteiger partial charge in [-0.2, -0.15) is 0 Å². The van der Waals surface area contributed by atoms with Crippen LogP contribution in [0.3, 0.4) is 0 Å². The summed E-state index contributed by atoms with van der Waals surface area (Å²) in [5.41, 5.74) is 1.07. The van der Waals surface area contributed by atoms with Crippen molar-refractivity contribution in [2.45, 2.75) is 39.5 Å². The van der Waals surface area contributed by atoms with Crippen LogP contribution < -0.4 is 5.32 Å². The zero-order chi connectivity index (χ0) is 12.4. The van der Waals surface area contributed by atoms with E-state index in [1.165, 1.54) is 7.11 Å². The summed E-state index contributed by atoms with van der Waals surface area (Å²) in [6.07, 6.45) is 4.96. The van der Waals surface area contributed by atoms with Gasteiger partial charge in [0.25, 0.3) is 0 Å². The standard InChI is InChI=1S/C12H21NO3/c1-4-5-6-10(2)9-11(14)13-8-7-12(15)16-3/h9H,4-8H2,1-3H3,(H,13,14). The third-order valence-electron chi connectivity index (χ3n) is 2.16. The van der Waals surface area contributed by atoms with Crippen molar-refractivity contribution >= 4 is 11.9 Å². The summed E-state index contributed by atoms with van der Waals surface area (Å²) in [5.74, 6) is -0.454. The first-order chi connectivity index (χ1) is 7.60. The van der Waals surface area contributed by atoms with Crippen molar-refractivity contribution in [3.8, 4) is 0 Å². The number of hydrogen-bond acceptors (Lipinski definition) is 3. The Labute approximate surface area is 97.1 Å². The summed E-state index contributed by atoms with van der Waals surface area (Å²) < 4.78 is 4.46. The van der Waals surface area contributed by atoms with E-state index in [2.05, 4.69) is 17.0 Å². The van der Waals surface area contributed by atoms with Crippen LogP contribution in [0.2, 0.25) is 0 Å². The highest BCUT2D eigenvalue weighted by atomic mass is 16.5. The molecular weight excluding hydrogens is 206 g/mol. The van der Waals surface area contributed by atoms with E-state index >= 15 is 0 Å². The first-order valence-corrected chi connectivity index (χ1v) is 5.62. The molecule has 4 nitrogen and oxygen atoms in total. The number of nitrogens with one attached hydrogen (secondary N) is 1. The molecule has 0 heterocycles. The van der Waals surface area contributed by atoms with Crippen molar-refractivity contribution in [1.82, 2.24) is 5.32 Å². The number of rotatable bonds is 7. The maximum atomic E-state index is 11.3. The Balaban J connectivity index is 3.76. The lowest BCUT2D eigenvalue weighted by molar-refractivity contribution is -0.140. The average Bonchev–Trinajstić information content (AvgIpc) is 2.25. The summed E-state index contributed by atoms with van der Waals surface area (Å²) in [4.78, 5) is 22.1. The number of hydrogen-bond donors (Lipinski definition) is 1. The highest BCUT2D eigenvalue weighted by Crippen LogP contribution is 2.05. The Bertz CT molecular complexity index is 259. The van der Waals surface area contributed by atoms with Gasteiger partial charge in [-0.05, 0) is 19.8 Å². The minimum Gasteiger partial charge on any atom is -0.469 e. The summed E-state index contributed by atoms with van der Waals surface area (Å²) >= 11 is 0. The molecule has 0 aliphatic carbocycles. The van der Waals surface area contributed by atoms with Gasteiger partial charge in [0.05, 0.1) is 13.5 Å². The van der Waals surface area contributed by atoms with E-state index in [-0.39, 0.29) is 18.3 Å². The van der Waals surface area contributed by atoms with Crippen molar-refractivity contribution < 1.29 is 14.3 Å². The molecule has 0 aromatic heterocycles. The number of amides is 1. The van der Waals surface area contributed by atoms with Crippen LogP contribution in [0.25, 0.3) is 0 Å². The first-order valence-electron chi connectivity index (χ1n) is 5.62. The molecule has 0 atom stereocenters. The molecule has 0 aromatic rings. The Morgan fingerprint density at radius 1 is 1.31 bits per heavy atom. The lowest BCUT2D eigenvalue weighted by atomic mass is 10.1. The van der Waals surface area contributed by atoms with E-state index < -0.39 is 0 Å². The predicted octanol–water partition coefficient (Wildman–Crippen LogP) is 1.80. The van der Waals surface area contributed by atoms with Gasteiger partial charge in [0.2, 0.25) is 5.91 Å². The minimum absolute atomic E-state index is 0.141. The van der Waals surface area contributed by atoms with E-state index in [1.807, 2.05) is 6.92 Å².